The highest BCUT2D eigenvalue weighted by atomic mass is 16.5. The lowest BCUT2D eigenvalue weighted by molar-refractivity contribution is -0.139. The summed E-state index contributed by atoms with van der Waals surface area (Å²) in [5.41, 5.74) is 1.38. The number of allylic oxidation sites excluding steroid dienone is 1. The number of rotatable bonds is 4. The zero-order valence-electron chi connectivity index (χ0n) is 15.6. The first-order chi connectivity index (χ1) is 13.4. The second kappa shape index (κ2) is 7.69. The van der Waals surface area contributed by atoms with E-state index in [2.05, 4.69) is 10.3 Å². The number of carbonyl (C=O) groups is 2. The van der Waals surface area contributed by atoms with Gasteiger partial charge in [-0.05, 0) is 44.2 Å². The molecular formula is C20H20N2O6. The summed E-state index contributed by atoms with van der Waals surface area (Å²) < 4.78 is 10.1. The van der Waals surface area contributed by atoms with Crippen molar-refractivity contribution in [2.24, 2.45) is 0 Å². The Labute approximate surface area is 161 Å². The van der Waals surface area contributed by atoms with Crippen LogP contribution < -0.4 is 10.1 Å². The van der Waals surface area contributed by atoms with E-state index in [1.165, 1.54) is 26.2 Å². The molecule has 0 saturated carbocycles. The number of phenolic OH excluding ortho intramolecular Hbond substituents is 1. The summed E-state index contributed by atoms with van der Waals surface area (Å²) in [5, 5.41) is 23.2. The summed E-state index contributed by atoms with van der Waals surface area (Å²) in [5.74, 6) is -0.966. The number of phenols is 1. The second-order valence-corrected chi connectivity index (χ2v) is 6.13. The smallest absolute Gasteiger partial charge is 0.338 e. The number of esters is 1. The predicted molar refractivity (Wildman–Crippen MR) is 99.6 cm³/mol. The molecule has 0 aliphatic carbocycles. The van der Waals surface area contributed by atoms with Crippen molar-refractivity contribution in [2.45, 2.75) is 20.0 Å². The van der Waals surface area contributed by atoms with Gasteiger partial charge in [0, 0.05) is 11.3 Å². The van der Waals surface area contributed by atoms with Crippen LogP contribution in [-0.4, -0.2) is 40.8 Å². The molecule has 3 rings (SSSR count). The van der Waals surface area contributed by atoms with Crippen LogP contribution in [0.2, 0.25) is 0 Å². The van der Waals surface area contributed by atoms with Crippen molar-refractivity contribution >= 4 is 11.9 Å². The van der Waals surface area contributed by atoms with Crippen molar-refractivity contribution < 1.29 is 29.3 Å². The fraction of sp³-hybridized carbons (Fsp3) is 0.250. The predicted octanol–water partition coefficient (Wildman–Crippen LogP) is 2.08. The molecule has 0 spiro atoms. The van der Waals surface area contributed by atoms with Crippen molar-refractivity contribution in [3.8, 4) is 22.8 Å². The van der Waals surface area contributed by atoms with Crippen LogP contribution in [0.4, 0.5) is 0 Å². The van der Waals surface area contributed by atoms with Crippen LogP contribution in [0.3, 0.4) is 0 Å². The molecule has 1 atom stereocenters. The van der Waals surface area contributed by atoms with E-state index in [9.17, 15) is 19.8 Å². The van der Waals surface area contributed by atoms with E-state index >= 15 is 0 Å². The highest BCUT2D eigenvalue weighted by Crippen LogP contribution is 2.34. The van der Waals surface area contributed by atoms with Crippen LogP contribution >= 0.6 is 0 Å². The molecular weight excluding hydrogens is 364 g/mol. The lowest BCUT2D eigenvalue weighted by atomic mass is 10.0. The average Bonchev–Trinajstić information content (AvgIpc) is 2.76. The molecule has 1 amide bonds. The van der Waals surface area contributed by atoms with Crippen LogP contribution in [0.15, 0.2) is 41.6 Å². The molecule has 146 valence electrons. The number of hydrogen-bond donors (Lipinski definition) is 3. The third kappa shape index (κ3) is 3.41. The summed E-state index contributed by atoms with van der Waals surface area (Å²) in [6.07, 6.45) is -1.44. The van der Waals surface area contributed by atoms with Gasteiger partial charge in [0.25, 0.3) is 5.91 Å². The van der Waals surface area contributed by atoms with Crippen molar-refractivity contribution in [3.05, 3.63) is 52.9 Å². The lowest BCUT2D eigenvalue weighted by Gasteiger charge is -2.15. The quantitative estimate of drug-likeness (QED) is 0.691. The zero-order chi connectivity index (χ0) is 20.4. The molecule has 8 nitrogen and oxygen atoms in total. The van der Waals surface area contributed by atoms with Gasteiger partial charge in [0.1, 0.15) is 6.10 Å². The number of aromatic hydroxyl groups is 1. The van der Waals surface area contributed by atoms with E-state index in [1.807, 2.05) is 0 Å². The van der Waals surface area contributed by atoms with Gasteiger partial charge in [-0.25, -0.2) is 9.78 Å². The summed E-state index contributed by atoms with van der Waals surface area (Å²) >= 11 is 0. The molecule has 28 heavy (non-hydrogen) atoms. The number of amides is 1. The Morgan fingerprint density at radius 3 is 2.71 bits per heavy atom. The van der Waals surface area contributed by atoms with Gasteiger partial charge in [-0.1, -0.05) is 0 Å². The minimum atomic E-state index is -1.44. The number of aliphatic hydroxyl groups excluding tert-OH is 1. The van der Waals surface area contributed by atoms with Crippen molar-refractivity contribution in [1.82, 2.24) is 10.3 Å². The van der Waals surface area contributed by atoms with Gasteiger partial charge in [-0.15, -0.1) is 0 Å². The Balaban J connectivity index is 2.12. The highest BCUT2D eigenvalue weighted by molar-refractivity contribution is 6.01. The molecule has 1 aliphatic heterocycles. The van der Waals surface area contributed by atoms with Crippen LogP contribution in [-0.2, 0) is 9.53 Å². The molecule has 0 radical (unpaired) electrons. The third-order valence-corrected chi connectivity index (χ3v) is 4.38. The monoisotopic (exact) mass is 384 g/mol. The van der Waals surface area contributed by atoms with Crippen molar-refractivity contribution in [1.29, 1.82) is 0 Å². The van der Waals surface area contributed by atoms with E-state index in [1.54, 1.807) is 25.1 Å². The number of carbonyl (C=O) groups excluding carboxylic acids is 2. The molecule has 1 aromatic heterocycles. The maximum Gasteiger partial charge on any atom is 0.338 e. The zero-order valence-corrected chi connectivity index (χ0v) is 15.6. The van der Waals surface area contributed by atoms with Gasteiger partial charge in [0.15, 0.2) is 11.5 Å². The fourth-order valence-corrected chi connectivity index (χ4v) is 2.99. The molecule has 1 aliphatic rings. The van der Waals surface area contributed by atoms with Gasteiger partial charge in [0.05, 0.1) is 36.2 Å². The number of aromatic nitrogens is 1. The minimum Gasteiger partial charge on any atom is -0.504 e. The van der Waals surface area contributed by atoms with E-state index in [4.69, 9.17) is 9.47 Å². The number of aliphatic hydroxyl groups is 1. The SMILES string of the molecule is CCOC(=O)C1=C(C)NC(=O)c2ccc(-c3ccc(O)c(OC)c3)nc2C1O. The van der Waals surface area contributed by atoms with Crippen LogP contribution in [0, 0.1) is 0 Å². The summed E-state index contributed by atoms with van der Waals surface area (Å²) in [6, 6.07) is 7.81. The second-order valence-electron chi connectivity index (χ2n) is 6.13. The Kier molecular flexibility index (Phi) is 5.32. The Bertz CT molecular complexity index is 983. The first kappa shape index (κ1) is 19.4. The molecule has 8 heteroatoms. The summed E-state index contributed by atoms with van der Waals surface area (Å²) in [7, 11) is 1.43. The highest BCUT2D eigenvalue weighted by Gasteiger charge is 2.33. The van der Waals surface area contributed by atoms with Crippen molar-refractivity contribution in [2.75, 3.05) is 13.7 Å². The molecule has 0 fully saturated rings. The molecule has 3 N–H and O–H groups in total. The minimum absolute atomic E-state index is 0.0245. The number of ether oxygens (including phenoxy) is 2. The fourth-order valence-electron chi connectivity index (χ4n) is 2.99. The van der Waals surface area contributed by atoms with Gasteiger partial charge >= 0.3 is 5.97 Å². The van der Waals surface area contributed by atoms with E-state index in [-0.39, 0.29) is 40.6 Å². The number of pyridine rings is 1. The van der Waals surface area contributed by atoms with Gasteiger partial charge < -0.3 is 25.0 Å². The van der Waals surface area contributed by atoms with E-state index in [0.29, 0.717) is 11.3 Å². The van der Waals surface area contributed by atoms with Crippen LogP contribution in [0.5, 0.6) is 11.5 Å². The van der Waals surface area contributed by atoms with Gasteiger partial charge in [-0.3, -0.25) is 4.79 Å². The third-order valence-electron chi connectivity index (χ3n) is 4.38. The molecule has 0 saturated heterocycles. The maximum absolute atomic E-state index is 12.5. The van der Waals surface area contributed by atoms with E-state index in [0.717, 1.165) is 0 Å². The van der Waals surface area contributed by atoms with Crippen LogP contribution in [0.25, 0.3) is 11.3 Å². The van der Waals surface area contributed by atoms with Gasteiger partial charge in [-0.2, -0.15) is 0 Å². The Morgan fingerprint density at radius 2 is 2.04 bits per heavy atom. The largest absolute Gasteiger partial charge is 0.504 e. The maximum atomic E-state index is 12.5. The number of fused-ring (bicyclic) bond motifs is 1. The first-order valence-corrected chi connectivity index (χ1v) is 8.63. The normalized spacial score (nSPS) is 16.1. The van der Waals surface area contributed by atoms with E-state index < -0.39 is 18.0 Å². The Hall–Kier alpha value is -3.39. The Morgan fingerprint density at radius 1 is 1.29 bits per heavy atom. The molecule has 2 heterocycles. The summed E-state index contributed by atoms with van der Waals surface area (Å²) in [4.78, 5) is 29.2. The first-order valence-electron chi connectivity index (χ1n) is 8.63. The molecule has 0 bridgehead atoms. The molecule has 1 unspecified atom stereocenters. The number of benzene rings is 1. The number of nitrogens with zero attached hydrogens (tertiary/aromatic N) is 1. The molecule has 2 aromatic rings. The summed E-state index contributed by atoms with van der Waals surface area (Å²) in [6.45, 7) is 3.30. The number of nitrogens with one attached hydrogen (secondary N) is 1. The van der Waals surface area contributed by atoms with Crippen LogP contribution in [0.1, 0.15) is 36.0 Å². The lowest BCUT2D eigenvalue weighted by Crippen LogP contribution is -2.23. The molecule has 1 aromatic carbocycles. The topological polar surface area (TPSA) is 118 Å². The average molecular weight is 384 g/mol. The van der Waals surface area contributed by atoms with Gasteiger partial charge in [0.2, 0.25) is 0 Å². The standard InChI is InChI=1S/C20H20N2O6/c1-4-28-20(26)16-10(2)21-19(25)12-6-7-13(22-17(12)18(16)24)11-5-8-14(23)15(9-11)27-3/h5-9,18,23-24H,4H2,1-3H3,(H,21,25). The number of methoxy groups -OCH3 is 1. The number of hydrogen-bond acceptors (Lipinski definition) is 7. The van der Waals surface area contributed by atoms with Crippen molar-refractivity contribution in [3.63, 3.8) is 0 Å².